The van der Waals surface area contributed by atoms with Gasteiger partial charge < -0.3 is 5.73 Å². The molecule has 1 atom stereocenters. The van der Waals surface area contributed by atoms with E-state index in [1.807, 2.05) is 0 Å². The van der Waals surface area contributed by atoms with Gasteiger partial charge >= 0.3 is 0 Å². The second-order valence-electron chi connectivity index (χ2n) is 3.66. The third-order valence-corrected chi connectivity index (χ3v) is 2.45. The average Bonchev–Trinajstić information content (AvgIpc) is 2.86. The van der Waals surface area contributed by atoms with Crippen LogP contribution in [0.25, 0.3) is 0 Å². The van der Waals surface area contributed by atoms with Crippen molar-refractivity contribution in [3.8, 4) is 12.3 Å². The molecule has 0 aromatic heterocycles. The first-order chi connectivity index (χ1) is 5.77. The molecule has 0 heterocycles. The molecule has 2 nitrogen and oxygen atoms in total. The molecule has 0 aliphatic heterocycles. The van der Waals surface area contributed by atoms with E-state index in [-0.39, 0.29) is 0 Å². The second kappa shape index (κ2) is 4.49. The fourth-order valence-corrected chi connectivity index (χ4v) is 1.30. The molecule has 12 heavy (non-hydrogen) atoms. The van der Waals surface area contributed by atoms with Crippen LogP contribution in [0.5, 0.6) is 0 Å². The standard InChI is InChI=1S/C10H18N2/c1-3-6-12(9(2)7-11)8-10-4-5-10/h1,9-10H,4-8,11H2,2H3. The van der Waals surface area contributed by atoms with Gasteiger partial charge in [0.1, 0.15) is 0 Å². The monoisotopic (exact) mass is 166 g/mol. The molecule has 1 fully saturated rings. The molecule has 0 spiro atoms. The first-order valence-corrected chi connectivity index (χ1v) is 4.65. The minimum Gasteiger partial charge on any atom is -0.329 e. The molecular weight excluding hydrogens is 148 g/mol. The summed E-state index contributed by atoms with van der Waals surface area (Å²) in [6.45, 7) is 4.73. The van der Waals surface area contributed by atoms with Crippen LogP contribution in [-0.4, -0.2) is 30.6 Å². The van der Waals surface area contributed by atoms with Crippen molar-refractivity contribution >= 4 is 0 Å². The van der Waals surface area contributed by atoms with Crippen LogP contribution in [0.15, 0.2) is 0 Å². The normalized spacial score (nSPS) is 19.2. The van der Waals surface area contributed by atoms with Crippen molar-refractivity contribution in [2.24, 2.45) is 11.7 Å². The lowest BCUT2D eigenvalue weighted by atomic mass is 10.2. The Morgan fingerprint density at radius 2 is 2.33 bits per heavy atom. The molecule has 0 aromatic rings. The minimum atomic E-state index is 0.432. The Balaban J connectivity index is 2.30. The van der Waals surface area contributed by atoms with Gasteiger partial charge in [-0.3, -0.25) is 4.90 Å². The zero-order valence-electron chi connectivity index (χ0n) is 7.79. The van der Waals surface area contributed by atoms with Gasteiger partial charge in [0.05, 0.1) is 6.54 Å². The van der Waals surface area contributed by atoms with Gasteiger partial charge in [-0.25, -0.2) is 0 Å². The van der Waals surface area contributed by atoms with Crippen molar-refractivity contribution in [1.29, 1.82) is 0 Å². The van der Waals surface area contributed by atoms with Crippen molar-refractivity contribution in [3.63, 3.8) is 0 Å². The first kappa shape index (κ1) is 9.57. The maximum absolute atomic E-state index is 5.59. The number of hydrogen-bond donors (Lipinski definition) is 1. The van der Waals surface area contributed by atoms with Crippen LogP contribution in [0.4, 0.5) is 0 Å². The predicted molar refractivity (Wildman–Crippen MR) is 51.6 cm³/mol. The molecule has 1 rings (SSSR count). The Morgan fingerprint density at radius 3 is 2.75 bits per heavy atom. The second-order valence-corrected chi connectivity index (χ2v) is 3.66. The van der Waals surface area contributed by atoms with Crippen molar-refractivity contribution in [1.82, 2.24) is 4.90 Å². The highest BCUT2D eigenvalue weighted by atomic mass is 15.2. The largest absolute Gasteiger partial charge is 0.329 e. The highest BCUT2D eigenvalue weighted by Crippen LogP contribution is 2.29. The quantitative estimate of drug-likeness (QED) is 0.609. The fraction of sp³-hybridized carbons (Fsp3) is 0.800. The lowest BCUT2D eigenvalue weighted by Gasteiger charge is -2.25. The third-order valence-electron chi connectivity index (χ3n) is 2.45. The Kier molecular flexibility index (Phi) is 3.58. The smallest absolute Gasteiger partial charge is 0.0601 e. The lowest BCUT2D eigenvalue weighted by Crippen LogP contribution is -2.39. The number of nitrogens with zero attached hydrogens (tertiary/aromatic N) is 1. The fourth-order valence-electron chi connectivity index (χ4n) is 1.30. The summed E-state index contributed by atoms with van der Waals surface area (Å²) in [5.74, 6) is 3.58. The third kappa shape index (κ3) is 2.84. The molecule has 0 bridgehead atoms. The summed E-state index contributed by atoms with van der Waals surface area (Å²) >= 11 is 0. The van der Waals surface area contributed by atoms with Crippen molar-refractivity contribution in [2.45, 2.75) is 25.8 Å². The zero-order valence-corrected chi connectivity index (χ0v) is 7.79. The number of nitrogens with two attached hydrogens (primary N) is 1. The van der Waals surface area contributed by atoms with Gasteiger partial charge in [-0.05, 0) is 25.7 Å². The van der Waals surface area contributed by atoms with Gasteiger partial charge in [-0.1, -0.05) is 5.92 Å². The van der Waals surface area contributed by atoms with E-state index in [0.29, 0.717) is 12.6 Å². The van der Waals surface area contributed by atoms with Crippen LogP contribution >= 0.6 is 0 Å². The molecule has 0 radical (unpaired) electrons. The molecular formula is C10H18N2. The van der Waals surface area contributed by atoms with E-state index in [0.717, 1.165) is 19.0 Å². The van der Waals surface area contributed by atoms with Gasteiger partial charge in [0.2, 0.25) is 0 Å². The van der Waals surface area contributed by atoms with Gasteiger partial charge in [0.15, 0.2) is 0 Å². The van der Waals surface area contributed by atoms with Crippen molar-refractivity contribution in [2.75, 3.05) is 19.6 Å². The maximum atomic E-state index is 5.59. The lowest BCUT2D eigenvalue weighted by molar-refractivity contribution is 0.230. The molecule has 1 saturated carbocycles. The highest BCUT2D eigenvalue weighted by molar-refractivity contribution is 4.91. The van der Waals surface area contributed by atoms with E-state index in [1.54, 1.807) is 0 Å². The maximum Gasteiger partial charge on any atom is 0.0601 e. The zero-order chi connectivity index (χ0) is 8.97. The minimum absolute atomic E-state index is 0.432. The van der Waals surface area contributed by atoms with E-state index >= 15 is 0 Å². The van der Waals surface area contributed by atoms with E-state index in [4.69, 9.17) is 12.2 Å². The number of terminal acetylenes is 1. The van der Waals surface area contributed by atoms with Gasteiger partial charge in [0, 0.05) is 19.1 Å². The molecule has 1 aliphatic carbocycles. The highest BCUT2D eigenvalue weighted by Gasteiger charge is 2.25. The molecule has 68 valence electrons. The molecule has 1 unspecified atom stereocenters. The Labute approximate surface area is 75.1 Å². The molecule has 2 N–H and O–H groups in total. The summed E-state index contributed by atoms with van der Waals surface area (Å²) in [7, 11) is 0. The summed E-state index contributed by atoms with van der Waals surface area (Å²) in [6.07, 6.45) is 8.03. The van der Waals surface area contributed by atoms with Crippen molar-refractivity contribution < 1.29 is 0 Å². The Hall–Kier alpha value is -0.520. The van der Waals surface area contributed by atoms with Crippen LogP contribution in [0, 0.1) is 18.3 Å². The molecule has 0 aromatic carbocycles. The van der Waals surface area contributed by atoms with Crippen LogP contribution in [0.1, 0.15) is 19.8 Å². The average molecular weight is 166 g/mol. The van der Waals surface area contributed by atoms with Gasteiger partial charge in [-0.15, -0.1) is 6.42 Å². The van der Waals surface area contributed by atoms with Crippen LogP contribution < -0.4 is 5.73 Å². The SMILES string of the molecule is C#CCN(CC1CC1)C(C)CN. The van der Waals surface area contributed by atoms with Crippen LogP contribution in [0.3, 0.4) is 0 Å². The van der Waals surface area contributed by atoms with Crippen molar-refractivity contribution in [3.05, 3.63) is 0 Å². The molecule has 0 amide bonds. The van der Waals surface area contributed by atoms with Crippen LogP contribution in [-0.2, 0) is 0 Å². The predicted octanol–water partition coefficient (Wildman–Crippen LogP) is 0.679. The van der Waals surface area contributed by atoms with E-state index in [2.05, 4.69) is 17.7 Å². The molecule has 1 aliphatic rings. The summed E-state index contributed by atoms with van der Waals surface area (Å²) < 4.78 is 0. The van der Waals surface area contributed by atoms with E-state index in [9.17, 15) is 0 Å². The Morgan fingerprint density at radius 1 is 1.67 bits per heavy atom. The van der Waals surface area contributed by atoms with Crippen LogP contribution in [0.2, 0.25) is 0 Å². The number of rotatable bonds is 5. The summed E-state index contributed by atoms with van der Waals surface area (Å²) in [6, 6.07) is 0.432. The summed E-state index contributed by atoms with van der Waals surface area (Å²) in [5.41, 5.74) is 5.59. The Bertz CT molecular complexity index is 167. The number of hydrogen-bond acceptors (Lipinski definition) is 2. The summed E-state index contributed by atoms with van der Waals surface area (Å²) in [5, 5.41) is 0. The molecule has 2 heteroatoms. The van der Waals surface area contributed by atoms with Gasteiger partial charge in [0.25, 0.3) is 0 Å². The first-order valence-electron chi connectivity index (χ1n) is 4.65. The molecule has 0 saturated heterocycles. The topological polar surface area (TPSA) is 29.3 Å². The van der Waals surface area contributed by atoms with Gasteiger partial charge in [-0.2, -0.15) is 0 Å². The van der Waals surface area contributed by atoms with E-state index in [1.165, 1.54) is 12.8 Å². The van der Waals surface area contributed by atoms with E-state index < -0.39 is 0 Å². The summed E-state index contributed by atoms with van der Waals surface area (Å²) in [4.78, 5) is 2.30.